The summed E-state index contributed by atoms with van der Waals surface area (Å²) < 4.78 is 1.75. The van der Waals surface area contributed by atoms with Crippen LogP contribution in [-0.2, 0) is 4.79 Å². The Morgan fingerprint density at radius 3 is 2.75 bits per heavy atom. The van der Waals surface area contributed by atoms with Crippen molar-refractivity contribution < 1.29 is 9.59 Å². The second-order valence-corrected chi connectivity index (χ2v) is 8.47. The number of fused-ring (bicyclic) bond motifs is 1. The van der Waals surface area contributed by atoms with Crippen molar-refractivity contribution in [1.29, 1.82) is 0 Å². The van der Waals surface area contributed by atoms with Gasteiger partial charge in [0.15, 0.2) is 5.16 Å². The number of rotatable bonds is 4. The van der Waals surface area contributed by atoms with Gasteiger partial charge in [0, 0.05) is 24.2 Å². The highest BCUT2D eigenvalue weighted by Gasteiger charge is 2.27. The SMILES string of the molecule is O=C(CSc1nc2cc(Cl)ccc2c(=O)n1C1CCCCC1)N1CCNC1=O. The number of imide groups is 1. The number of hydrogen-bond acceptors (Lipinski definition) is 5. The molecule has 148 valence electrons. The molecule has 1 N–H and O–H groups in total. The number of carbonyl (C=O) groups is 2. The van der Waals surface area contributed by atoms with E-state index in [0.29, 0.717) is 34.2 Å². The average molecular weight is 421 g/mol. The molecule has 4 rings (SSSR count). The Morgan fingerprint density at radius 2 is 2.04 bits per heavy atom. The van der Waals surface area contributed by atoms with E-state index in [0.717, 1.165) is 25.7 Å². The van der Waals surface area contributed by atoms with Crippen molar-refractivity contribution in [3.8, 4) is 0 Å². The number of aromatic nitrogens is 2. The van der Waals surface area contributed by atoms with Crippen LogP contribution < -0.4 is 10.9 Å². The standard InChI is InChI=1S/C19H21ClN4O3S/c20-12-6-7-14-15(10-12)22-19(24(17(14)26)13-4-2-1-3-5-13)28-11-16(25)23-9-8-21-18(23)27/h6-7,10,13H,1-5,8-9,11H2,(H,21,27). The Morgan fingerprint density at radius 1 is 1.25 bits per heavy atom. The van der Waals surface area contributed by atoms with Gasteiger partial charge in [0.25, 0.3) is 5.56 Å². The summed E-state index contributed by atoms with van der Waals surface area (Å²) in [5.41, 5.74) is 0.431. The molecule has 1 aliphatic carbocycles. The van der Waals surface area contributed by atoms with Crippen LogP contribution in [0.4, 0.5) is 4.79 Å². The zero-order valence-electron chi connectivity index (χ0n) is 15.3. The lowest BCUT2D eigenvalue weighted by atomic mass is 9.95. The first kappa shape index (κ1) is 19.3. The van der Waals surface area contributed by atoms with Crippen LogP contribution in [0.25, 0.3) is 10.9 Å². The fourth-order valence-electron chi connectivity index (χ4n) is 3.83. The van der Waals surface area contributed by atoms with Crippen molar-refractivity contribution in [1.82, 2.24) is 19.8 Å². The maximum absolute atomic E-state index is 13.2. The summed E-state index contributed by atoms with van der Waals surface area (Å²) in [6.07, 6.45) is 5.18. The van der Waals surface area contributed by atoms with Gasteiger partial charge in [-0.2, -0.15) is 0 Å². The predicted molar refractivity (Wildman–Crippen MR) is 109 cm³/mol. The van der Waals surface area contributed by atoms with E-state index < -0.39 is 0 Å². The van der Waals surface area contributed by atoms with E-state index in [-0.39, 0.29) is 29.3 Å². The van der Waals surface area contributed by atoms with Gasteiger partial charge in [-0.15, -0.1) is 0 Å². The molecule has 7 nitrogen and oxygen atoms in total. The molecule has 0 atom stereocenters. The van der Waals surface area contributed by atoms with E-state index in [2.05, 4.69) is 10.3 Å². The third-order valence-corrected chi connectivity index (χ3v) is 6.43. The first-order chi connectivity index (χ1) is 13.5. The number of halogens is 1. The molecule has 0 spiro atoms. The first-order valence-corrected chi connectivity index (χ1v) is 10.8. The molecule has 1 aromatic heterocycles. The third-order valence-electron chi connectivity index (χ3n) is 5.25. The number of thioether (sulfide) groups is 1. The molecule has 2 fully saturated rings. The van der Waals surface area contributed by atoms with E-state index in [1.807, 2.05) is 0 Å². The first-order valence-electron chi connectivity index (χ1n) is 9.47. The van der Waals surface area contributed by atoms with E-state index in [1.165, 1.54) is 23.1 Å². The highest BCUT2D eigenvalue weighted by molar-refractivity contribution is 7.99. The summed E-state index contributed by atoms with van der Waals surface area (Å²) in [7, 11) is 0. The minimum absolute atomic E-state index is 0.0542. The summed E-state index contributed by atoms with van der Waals surface area (Å²) >= 11 is 7.29. The van der Waals surface area contributed by atoms with Crippen LogP contribution in [-0.4, -0.2) is 45.2 Å². The molecule has 2 heterocycles. The van der Waals surface area contributed by atoms with Crippen molar-refractivity contribution >= 4 is 46.2 Å². The monoisotopic (exact) mass is 420 g/mol. The summed E-state index contributed by atoms with van der Waals surface area (Å²) in [6.45, 7) is 0.836. The highest BCUT2D eigenvalue weighted by atomic mass is 35.5. The van der Waals surface area contributed by atoms with E-state index in [4.69, 9.17) is 11.6 Å². The van der Waals surface area contributed by atoms with Crippen LogP contribution in [0.3, 0.4) is 0 Å². The zero-order chi connectivity index (χ0) is 19.7. The molecule has 1 aromatic carbocycles. The van der Waals surface area contributed by atoms with E-state index in [1.54, 1.807) is 22.8 Å². The second kappa shape index (κ2) is 8.13. The average Bonchev–Trinajstić information content (AvgIpc) is 3.12. The molecule has 28 heavy (non-hydrogen) atoms. The van der Waals surface area contributed by atoms with Gasteiger partial charge < -0.3 is 5.32 Å². The van der Waals surface area contributed by atoms with Gasteiger partial charge in [-0.25, -0.2) is 9.78 Å². The molecule has 3 amide bonds. The molecule has 9 heteroatoms. The van der Waals surface area contributed by atoms with Crippen molar-refractivity contribution in [2.75, 3.05) is 18.8 Å². The topological polar surface area (TPSA) is 84.3 Å². The Bertz CT molecular complexity index is 987. The molecule has 2 aliphatic rings. The summed E-state index contributed by atoms with van der Waals surface area (Å²) in [5, 5.41) is 4.18. The number of carbonyl (C=O) groups excluding carboxylic acids is 2. The van der Waals surface area contributed by atoms with Gasteiger partial charge in [-0.05, 0) is 31.0 Å². The minimum Gasteiger partial charge on any atom is -0.336 e. The Kier molecular flexibility index (Phi) is 5.59. The molecule has 2 aromatic rings. The largest absolute Gasteiger partial charge is 0.336 e. The van der Waals surface area contributed by atoms with Gasteiger partial charge in [-0.3, -0.25) is 19.1 Å². The van der Waals surface area contributed by atoms with Crippen LogP contribution in [0.15, 0.2) is 28.2 Å². The predicted octanol–water partition coefficient (Wildman–Crippen LogP) is 3.20. The van der Waals surface area contributed by atoms with Crippen molar-refractivity contribution in [2.24, 2.45) is 0 Å². The smallest absolute Gasteiger partial charge is 0.324 e. The normalized spacial score (nSPS) is 17.9. The lowest BCUT2D eigenvalue weighted by Crippen LogP contribution is -2.35. The Hall–Kier alpha value is -2.06. The van der Waals surface area contributed by atoms with Crippen LogP contribution in [0.5, 0.6) is 0 Å². The van der Waals surface area contributed by atoms with Gasteiger partial charge in [0.1, 0.15) is 0 Å². The van der Waals surface area contributed by atoms with E-state index >= 15 is 0 Å². The molecule has 0 unspecified atom stereocenters. The zero-order valence-corrected chi connectivity index (χ0v) is 16.9. The summed E-state index contributed by atoms with van der Waals surface area (Å²) in [5.74, 6) is -0.228. The van der Waals surface area contributed by atoms with Gasteiger partial charge in [0.2, 0.25) is 5.91 Å². The molecule has 1 saturated heterocycles. The fraction of sp³-hybridized carbons (Fsp3) is 0.474. The van der Waals surface area contributed by atoms with Crippen molar-refractivity contribution in [2.45, 2.75) is 43.3 Å². The number of nitrogens with zero attached hydrogens (tertiary/aromatic N) is 3. The number of benzene rings is 1. The summed E-state index contributed by atoms with van der Waals surface area (Å²) in [4.78, 5) is 43.2. The Balaban J connectivity index is 1.69. The molecule has 1 aliphatic heterocycles. The lowest BCUT2D eigenvalue weighted by molar-refractivity contribution is -0.124. The number of nitrogens with one attached hydrogen (secondary N) is 1. The van der Waals surface area contributed by atoms with Crippen LogP contribution >= 0.6 is 23.4 Å². The lowest BCUT2D eigenvalue weighted by Gasteiger charge is -2.26. The molecular weight excluding hydrogens is 400 g/mol. The number of amides is 3. The number of urea groups is 1. The summed E-state index contributed by atoms with van der Waals surface area (Å²) in [6, 6.07) is 4.79. The fourth-order valence-corrected chi connectivity index (χ4v) is 4.94. The molecule has 1 saturated carbocycles. The Labute approximate surface area is 171 Å². The van der Waals surface area contributed by atoms with Crippen molar-refractivity contribution in [3.05, 3.63) is 33.6 Å². The maximum atomic E-state index is 13.2. The molecule has 0 bridgehead atoms. The molecule has 0 radical (unpaired) electrons. The highest BCUT2D eigenvalue weighted by Crippen LogP contribution is 2.31. The quantitative estimate of drug-likeness (QED) is 0.606. The van der Waals surface area contributed by atoms with Gasteiger partial charge in [-0.1, -0.05) is 42.6 Å². The number of hydrogen-bond donors (Lipinski definition) is 1. The van der Waals surface area contributed by atoms with Gasteiger partial charge in [0.05, 0.1) is 16.7 Å². The maximum Gasteiger partial charge on any atom is 0.324 e. The van der Waals surface area contributed by atoms with E-state index in [9.17, 15) is 14.4 Å². The second-order valence-electron chi connectivity index (χ2n) is 7.09. The van der Waals surface area contributed by atoms with Gasteiger partial charge >= 0.3 is 6.03 Å². The minimum atomic E-state index is -0.367. The van der Waals surface area contributed by atoms with Crippen LogP contribution in [0, 0.1) is 0 Å². The van der Waals surface area contributed by atoms with Crippen LogP contribution in [0.1, 0.15) is 38.1 Å². The molecular formula is C19H21ClN4O3S. The third kappa shape index (κ3) is 3.75. The van der Waals surface area contributed by atoms with Crippen LogP contribution in [0.2, 0.25) is 5.02 Å². The van der Waals surface area contributed by atoms with Crippen molar-refractivity contribution in [3.63, 3.8) is 0 Å².